The number of aromatic nitrogens is 1. The van der Waals surface area contributed by atoms with Gasteiger partial charge in [0.25, 0.3) is 0 Å². The minimum atomic E-state index is 0.227. The van der Waals surface area contributed by atoms with E-state index in [0.717, 1.165) is 13.0 Å². The van der Waals surface area contributed by atoms with Gasteiger partial charge in [-0.05, 0) is 26.8 Å². The Morgan fingerprint density at radius 2 is 2.44 bits per heavy atom. The molecule has 1 aliphatic rings. The van der Waals surface area contributed by atoms with Gasteiger partial charge in [-0.2, -0.15) is 0 Å². The third kappa shape index (κ3) is 2.62. The lowest BCUT2D eigenvalue weighted by Crippen LogP contribution is -2.27. The van der Waals surface area contributed by atoms with Gasteiger partial charge in [0.1, 0.15) is 0 Å². The Hall–Kier alpha value is -0.450. The average molecular weight is 240 g/mol. The maximum Gasteiger partial charge on any atom is 0.0971 e. The summed E-state index contributed by atoms with van der Waals surface area (Å²) in [5.74, 6) is 0.611. The molecule has 1 aromatic heterocycles. The van der Waals surface area contributed by atoms with Gasteiger partial charge in [0.15, 0.2) is 0 Å². The standard InChI is InChI=1S/C12H20N2OS/c1-9(2)14-5-3-10(8-14)12-13-7-11(16-12)4-6-15/h7,9-10,15H,3-6,8H2,1-2H3. The van der Waals surface area contributed by atoms with Gasteiger partial charge in [-0.15, -0.1) is 11.3 Å². The monoisotopic (exact) mass is 240 g/mol. The van der Waals surface area contributed by atoms with Crippen LogP contribution in [-0.4, -0.2) is 40.7 Å². The van der Waals surface area contributed by atoms with E-state index in [2.05, 4.69) is 23.7 Å². The van der Waals surface area contributed by atoms with E-state index in [1.54, 1.807) is 11.3 Å². The summed E-state index contributed by atoms with van der Waals surface area (Å²) in [4.78, 5) is 8.21. The van der Waals surface area contributed by atoms with Gasteiger partial charge < -0.3 is 10.0 Å². The van der Waals surface area contributed by atoms with Crippen molar-refractivity contribution < 1.29 is 5.11 Å². The fourth-order valence-electron chi connectivity index (χ4n) is 2.20. The zero-order chi connectivity index (χ0) is 11.5. The average Bonchev–Trinajstić information content (AvgIpc) is 2.84. The lowest BCUT2D eigenvalue weighted by molar-refractivity contribution is 0.272. The second kappa shape index (κ2) is 5.25. The van der Waals surface area contributed by atoms with E-state index in [1.807, 2.05) is 6.20 Å². The third-order valence-electron chi connectivity index (χ3n) is 3.23. The zero-order valence-electron chi connectivity index (χ0n) is 10.0. The summed E-state index contributed by atoms with van der Waals surface area (Å²) in [5.41, 5.74) is 0. The van der Waals surface area contributed by atoms with E-state index in [1.165, 1.54) is 22.9 Å². The van der Waals surface area contributed by atoms with Crippen LogP contribution >= 0.6 is 11.3 Å². The Morgan fingerprint density at radius 3 is 3.06 bits per heavy atom. The topological polar surface area (TPSA) is 36.4 Å². The quantitative estimate of drug-likeness (QED) is 0.873. The molecule has 1 N–H and O–H groups in total. The van der Waals surface area contributed by atoms with Crippen molar-refractivity contribution in [2.75, 3.05) is 19.7 Å². The van der Waals surface area contributed by atoms with Gasteiger partial charge in [0, 0.05) is 42.6 Å². The normalized spacial score (nSPS) is 22.1. The molecule has 2 rings (SSSR count). The Labute approximate surface area is 101 Å². The Balaban J connectivity index is 1.97. The van der Waals surface area contributed by atoms with Gasteiger partial charge in [0.05, 0.1) is 5.01 Å². The van der Waals surface area contributed by atoms with Crippen LogP contribution in [0.1, 0.15) is 36.1 Å². The first-order chi connectivity index (χ1) is 7.70. The number of likely N-dealkylation sites (tertiary alicyclic amines) is 1. The first kappa shape index (κ1) is 12.0. The molecule has 1 aliphatic heterocycles. The number of hydrogen-bond donors (Lipinski definition) is 1. The Bertz CT molecular complexity index is 338. The van der Waals surface area contributed by atoms with Gasteiger partial charge in [-0.1, -0.05) is 0 Å². The highest BCUT2D eigenvalue weighted by molar-refractivity contribution is 7.11. The molecule has 2 heterocycles. The lowest BCUT2D eigenvalue weighted by Gasteiger charge is -2.19. The molecule has 1 unspecified atom stereocenters. The van der Waals surface area contributed by atoms with Crippen molar-refractivity contribution >= 4 is 11.3 Å². The molecular formula is C12H20N2OS. The van der Waals surface area contributed by atoms with Gasteiger partial charge in [0.2, 0.25) is 0 Å². The highest BCUT2D eigenvalue weighted by atomic mass is 32.1. The van der Waals surface area contributed by atoms with Crippen molar-refractivity contribution in [1.29, 1.82) is 0 Å². The molecule has 0 amide bonds. The van der Waals surface area contributed by atoms with Crippen LogP contribution in [0.5, 0.6) is 0 Å². The summed E-state index contributed by atoms with van der Waals surface area (Å²) in [6.07, 6.45) is 3.90. The molecule has 0 spiro atoms. The molecule has 90 valence electrons. The van der Waals surface area contributed by atoms with E-state index >= 15 is 0 Å². The minimum absolute atomic E-state index is 0.227. The van der Waals surface area contributed by atoms with Gasteiger partial charge >= 0.3 is 0 Å². The van der Waals surface area contributed by atoms with Crippen LogP contribution in [0.2, 0.25) is 0 Å². The van der Waals surface area contributed by atoms with Crippen LogP contribution in [0.25, 0.3) is 0 Å². The highest BCUT2D eigenvalue weighted by Crippen LogP contribution is 2.31. The molecule has 4 heteroatoms. The molecule has 0 bridgehead atoms. The van der Waals surface area contributed by atoms with Crippen molar-refractivity contribution in [3.8, 4) is 0 Å². The van der Waals surface area contributed by atoms with Gasteiger partial charge in [-0.25, -0.2) is 4.98 Å². The molecule has 0 saturated carbocycles. The van der Waals surface area contributed by atoms with Crippen molar-refractivity contribution in [2.24, 2.45) is 0 Å². The van der Waals surface area contributed by atoms with Crippen LogP contribution in [0.15, 0.2) is 6.20 Å². The fraction of sp³-hybridized carbons (Fsp3) is 0.750. The van der Waals surface area contributed by atoms with Crippen molar-refractivity contribution in [2.45, 2.75) is 38.6 Å². The number of rotatable bonds is 4. The molecule has 3 nitrogen and oxygen atoms in total. The van der Waals surface area contributed by atoms with Crippen LogP contribution < -0.4 is 0 Å². The fourth-order valence-corrected chi connectivity index (χ4v) is 3.23. The molecular weight excluding hydrogens is 220 g/mol. The second-order valence-electron chi connectivity index (χ2n) is 4.71. The summed E-state index contributed by atoms with van der Waals surface area (Å²) >= 11 is 1.77. The van der Waals surface area contributed by atoms with Crippen molar-refractivity contribution in [3.05, 3.63) is 16.1 Å². The highest BCUT2D eigenvalue weighted by Gasteiger charge is 2.27. The van der Waals surface area contributed by atoms with E-state index in [-0.39, 0.29) is 6.61 Å². The molecule has 16 heavy (non-hydrogen) atoms. The van der Waals surface area contributed by atoms with Crippen LogP contribution in [0.4, 0.5) is 0 Å². The van der Waals surface area contributed by atoms with E-state index in [0.29, 0.717) is 12.0 Å². The molecule has 0 aliphatic carbocycles. The predicted molar refractivity (Wildman–Crippen MR) is 67.0 cm³/mol. The number of aliphatic hydroxyl groups is 1. The molecule has 1 atom stereocenters. The predicted octanol–water partition coefficient (Wildman–Crippen LogP) is 1.88. The smallest absolute Gasteiger partial charge is 0.0971 e. The number of thiazole rings is 1. The first-order valence-corrected chi connectivity index (χ1v) is 6.82. The summed E-state index contributed by atoms with van der Waals surface area (Å²) in [7, 11) is 0. The number of nitrogens with zero attached hydrogens (tertiary/aromatic N) is 2. The van der Waals surface area contributed by atoms with Crippen LogP contribution in [-0.2, 0) is 6.42 Å². The summed E-state index contributed by atoms with van der Waals surface area (Å²) in [6, 6.07) is 0.641. The summed E-state index contributed by atoms with van der Waals surface area (Å²) in [5, 5.41) is 10.1. The molecule has 1 aromatic rings. The molecule has 0 aromatic carbocycles. The first-order valence-electron chi connectivity index (χ1n) is 6.00. The SMILES string of the molecule is CC(C)N1CCC(c2ncc(CCO)s2)C1. The number of aliphatic hydroxyl groups excluding tert-OH is 1. The minimum Gasteiger partial charge on any atom is -0.396 e. The Kier molecular flexibility index (Phi) is 3.95. The maximum atomic E-state index is 8.88. The van der Waals surface area contributed by atoms with Crippen LogP contribution in [0.3, 0.4) is 0 Å². The molecule has 1 fully saturated rings. The largest absolute Gasteiger partial charge is 0.396 e. The third-order valence-corrected chi connectivity index (χ3v) is 4.45. The van der Waals surface area contributed by atoms with Crippen molar-refractivity contribution in [3.63, 3.8) is 0 Å². The van der Waals surface area contributed by atoms with E-state index < -0.39 is 0 Å². The maximum absolute atomic E-state index is 8.88. The van der Waals surface area contributed by atoms with E-state index in [9.17, 15) is 0 Å². The molecule has 0 radical (unpaired) electrons. The van der Waals surface area contributed by atoms with Crippen molar-refractivity contribution in [1.82, 2.24) is 9.88 Å². The van der Waals surface area contributed by atoms with E-state index in [4.69, 9.17) is 5.11 Å². The zero-order valence-corrected chi connectivity index (χ0v) is 10.8. The number of hydrogen-bond acceptors (Lipinski definition) is 4. The molecule has 1 saturated heterocycles. The summed E-state index contributed by atoms with van der Waals surface area (Å²) in [6.45, 7) is 7.06. The van der Waals surface area contributed by atoms with Gasteiger partial charge in [-0.3, -0.25) is 0 Å². The summed E-state index contributed by atoms with van der Waals surface area (Å²) < 4.78 is 0. The Morgan fingerprint density at radius 1 is 1.62 bits per heavy atom. The second-order valence-corrected chi connectivity index (χ2v) is 5.86. The van der Waals surface area contributed by atoms with Crippen LogP contribution in [0, 0.1) is 0 Å². The lowest BCUT2D eigenvalue weighted by atomic mass is 10.1.